The molecular formula is C15H15BrIN. The van der Waals surface area contributed by atoms with Crippen molar-refractivity contribution in [1.29, 1.82) is 0 Å². The first-order valence-corrected chi connectivity index (χ1v) is 7.74. The van der Waals surface area contributed by atoms with Crippen LogP contribution in [0.15, 0.2) is 53.0 Å². The van der Waals surface area contributed by atoms with E-state index in [1.165, 1.54) is 14.7 Å². The second-order valence-corrected chi connectivity index (χ2v) is 6.29. The van der Waals surface area contributed by atoms with Crippen LogP contribution in [0, 0.1) is 3.57 Å². The zero-order valence-corrected chi connectivity index (χ0v) is 13.9. The Morgan fingerprint density at radius 1 is 1.11 bits per heavy atom. The summed E-state index contributed by atoms with van der Waals surface area (Å²) >= 11 is 5.95. The van der Waals surface area contributed by atoms with Gasteiger partial charge in [-0.3, -0.25) is 0 Å². The third kappa shape index (κ3) is 3.56. The first kappa shape index (κ1) is 14.0. The number of benzene rings is 2. The molecule has 0 aromatic heterocycles. The number of rotatable bonds is 4. The Morgan fingerprint density at radius 3 is 2.39 bits per heavy atom. The summed E-state index contributed by atoms with van der Waals surface area (Å²) < 4.78 is 2.44. The molecule has 1 unspecified atom stereocenters. The molecule has 0 amide bonds. The molecule has 0 saturated heterocycles. The third-order valence-corrected chi connectivity index (χ3v) is 4.42. The van der Waals surface area contributed by atoms with E-state index in [1.54, 1.807) is 0 Å². The monoisotopic (exact) mass is 415 g/mol. The molecule has 18 heavy (non-hydrogen) atoms. The second kappa shape index (κ2) is 6.68. The molecule has 1 N–H and O–H groups in total. The van der Waals surface area contributed by atoms with Crippen LogP contribution in [0.2, 0.25) is 0 Å². The lowest BCUT2D eigenvalue weighted by molar-refractivity contribution is 0.590. The average Bonchev–Trinajstić information content (AvgIpc) is 2.39. The number of nitrogens with one attached hydrogen (secondary N) is 1. The van der Waals surface area contributed by atoms with Crippen LogP contribution < -0.4 is 5.32 Å². The van der Waals surface area contributed by atoms with E-state index in [2.05, 4.69) is 86.3 Å². The van der Waals surface area contributed by atoms with Crippen LogP contribution in [0.1, 0.15) is 17.2 Å². The molecule has 0 heterocycles. The molecule has 0 radical (unpaired) electrons. The molecule has 2 aromatic rings. The highest BCUT2D eigenvalue weighted by molar-refractivity contribution is 14.1. The summed E-state index contributed by atoms with van der Waals surface area (Å²) in [5.74, 6) is 0. The van der Waals surface area contributed by atoms with Gasteiger partial charge in [-0.1, -0.05) is 46.3 Å². The van der Waals surface area contributed by atoms with Gasteiger partial charge in [0.1, 0.15) is 0 Å². The molecule has 0 bridgehead atoms. The molecule has 0 spiro atoms. The predicted molar refractivity (Wildman–Crippen MR) is 88.8 cm³/mol. The summed E-state index contributed by atoms with van der Waals surface area (Å²) in [6.45, 7) is 0. The molecule has 0 aliphatic heterocycles. The maximum atomic E-state index is 3.62. The highest BCUT2D eigenvalue weighted by Gasteiger charge is 2.12. The van der Waals surface area contributed by atoms with Crippen molar-refractivity contribution >= 4 is 38.5 Å². The molecule has 0 aliphatic carbocycles. The molecule has 2 rings (SSSR count). The van der Waals surface area contributed by atoms with E-state index in [9.17, 15) is 0 Å². The van der Waals surface area contributed by atoms with E-state index >= 15 is 0 Å². The molecule has 0 aliphatic rings. The van der Waals surface area contributed by atoms with Gasteiger partial charge in [0.2, 0.25) is 0 Å². The van der Waals surface area contributed by atoms with Gasteiger partial charge in [-0.05, 0) is 65.4 Å². The van der Waals surface area contributed by atoms with Crippen molar-refractivity contribution < 1.29 is 0 Å². The van der Waals surface area contributed by atoms with Gasteiger partial charge in [-0.2, -0.15) is 0 Å². The minimum absolute atomic E-state index is 0.334. The van der Waals surface area contributed by atoms with Gasteiger partial charge >= 0.3 is 0 Å². The first-order chi connectivity index (χ1) is 8.70. The summed E-state index contributed by atoms with van der Waals surface area (Å²) in [6.07, 6.45) is 0.996. The standard InChI is InChI=1S/C15H15BrIN/c1-18-15(13-4-2-3-5-14(13)16)10-11-6-8-12(17)9-7-11/h2-9,15,18H,10H2,1H3. The van der Waals surface area contributed by atoms with Gasteiger partial charge in [0.15, 0.2) is 0 Å². The Labute approximate surface area is 130 Å². The maximum Gasteiger partial charge on any atom is 0.0369 e. The van der Waals surface area contributed by atoms with Gasteiger partial charge in [0.25, 0.3) is 0 Å². The first-order valence-electron chi connectivity index (χ1n) is 5.87. The highest BCUT2D eigenvalue weighted by Crippen LogP contribution is 2.25. The van der Waals surface area contributed by atoms with Crippen LogP contribution in [0.4, 0.5) is 0 Å². The van der Waals surface area contributed by atoms with Crippen LogP contribution in [0.25, 0.3) is 0 Å². The van der Waals surface area contributed by atoms with E-state index in [-0.39, 0.29) is 0 Å². The lowest BCUT2D eigenvalue weighted by Crippen LogP contribution is -2.19. The van der Waals surface area contributed by atoms with Crippen LogP contribution >= 0.6 is 38.5 Å². The van der Waals surface area contributed by atoms with E-state index in [0.717, 1.165) is 10.9 Å². The van der Waals surface area contributed by atoms with Crippen molar-refractivity contribution in [2.75, 3.05) is 7.05 Å². The van der Waals surface area contributed by atoms with Crippen molar-refractivity contribution in [1.82, 2.24) is 5.32 Å². The molecule has 3 heteroatoms. The third-order valence-electron chi connectivity index (χ3n) is 2.98. The smallest absolute Gasteiger partial charge is 0.0369 e. The summed E-state index contributed by atoms with van der Waals surface area (Å²) in [6, 6.07) is 17.4. The molecule has 94 valence electrons. The van der Waals surface area contributed by atoms with Crippen LogP contribution in [0.3, 0.4) is 0 Å². The molecular weight excluding hydrogens is 401 g/mol. The van der Waals surface area contributed by atoms with Gasteiger partial charge in [-0.25, -0.2) is 0 Å². The van der Waals surface area contributed by atoms with Gasteiger partial charge in [-0.15, -0.1) is 0 Å². The van der Waals surface area contributed by atoms with E-state index < -0.39 is 0 Å². The average molecular weight is 416 g/mol. The van der Waals surface area contributed by atoms with Crippen LogP contribution in [-0.4, -0.2) is 7.05 Å². The lowest BCUT2D eigenvalue weighted by Gasteiger charge is -2.18. The van der Waals surface area contributed by atoms with E-state index in [4.69, 9.17) is 0 Å². The van der Waals surface area contributed by atoms with Crippen LogP contribution in [0.5, 0.6) is 0 Å². The number of hydrogen-bond acceptors (Lipinski definition) is 1. The summed E-state index contributed by atoms with van der Waals surface area (Å²) in [7, 11) is 2.01. The highest BCUT2D eigenvalue weighted by atomic mass is 127. The summed E-state index contributed by atoms with van der Waals surface area (Å²) in [4.78, 5) is 0. The SMILES string of the molecule is CNC(Cc1ccc(I)cc1)c1ccccc1Br. The normalized spacial score (nSPS) is 12.4. The topological polar surface area (TPSA) is 12.0 Å². The van der Waals surface area contributed by atoms with Gasteiger partial charge < -0.3 is 5.32 Å². The Kier molecular flexibility index (Phi) is 5.21. The van der Waals surface area contributed by atoms with Crippen molar-refractivity contribution in [2.45, 2.75) is 12.5 Å². The van der Waals surface area contributed by atoms with Gasteiger partial charge in [0, 0.05) is 14.1 Å². The van der Waals surface area contributed by atoms with Gasteiger partial charge in [0.05, 0.1) is 0 Å². The van der Waals surface area contributed by atoms with Crippen LogP contribution in [-0.2, 0) is 6.42 Å². The fraction of sp³-hybridized carbons (Fsp3) is 0.200. The molecule has 1 atom stereocenters. The molecule has 2 aromatic carbocycles. The Morgan fingerprint density at radius 2 is 1.78 bits per heavy atom. The van der Waals surface area contributed by atoms with Crippen molar-refractivity contribution in [3.8, 4) is 0 Å². The summed E-state index contributed by atoms with van der Waals surface area (Å²) in [5.41, 5.74) is 2.66. The van der Waals surface area contributed by atoms with Crippen molar-refractivity contribution in [2.24, 2.45) is 0 Å². The van der Waals surface area contributed by atoms with E-state index in [1.807, 2.05) is 13.1 Å². The zero-order valence-electron chi connectivity index (χ0n) is 10.2. The maximum absolute atomic E-state index is 3.62. The minimum Gasteiger partial charge on any atom is -0.313 e. The fourth-order valence-corrected chi connectivity index (χ4v) is 2.90. The molecule has 0 saturated carbocycles. The van der Waals surface area contributed by atoms with Crippen molar-refractivity contribution in [3.63, 3.8) is 0 Å². The van der Waals surface area contributed by atoms with Crippen molar-refractivity contribution in [3.05, 3.63) is 67.7 Å². The lowest BCUT2D eigenvalue weighted by atomic mass is 9.99. The molecule has 1 nitrogen and oxygen atoms in total. The predicted octanol–water partition coefficient (Wildman–Crippen LogP) is 4.56. The summed E-state index contributed by atoms with van der Waals surface area (Å²) in [5, 5.41) is 3.39. The zero-order chi connectivity index (χ0) is 13.0. The van der Waals surface area contributed by atoms with E-state index in [0.29, 0.717) is 6.04 Å². The minimum atomic E-state index is 0.334. The second-order valence-electron chi connectivity index (χ2n) is 4.19. The molecule has 0 fully saturated rings. The largest absolute Gasteiger partial charge is 0.313 e. The quantitative estimate of drug-likeness (QED) is 0.722. The Bertz CT molecular complexity index is 510. The Hall–Kier alpha value is -0.390. The number of halogens is 2. The fourth-order valence-electron chi connectivity index (χ4n) is 1.98. The number of hydrogen-bond donors (Lipinski definition) is 1. The number of likely N-dealkylation sites (N-methyl/N-ethyl adjacent to an activating group) is 1. The Balaban J connectivity index is 2.20.